The average molecular weight is 564 g/mol. The summed E-state index contributed by atoms with van der Waals surface area (Å²) in [7, 11) is 0. The first-order chi connectivity index (χ1) is 18.7. The van der Waals surface area contributed by atoms with Crippen molar-refractivity contribution in [3.63, 3.8) is 0 Å². The molecule has 0 N–H and O–H groups in total. The smallest absolute Gasteiger partial charge is 0.223 e. The molecule has 3 aromatic rings. The third-order valence-electron chi connectivity index (χ3n) is 7.98. The van der Waals surface area contributed by atoms with E-state index in [0.29, 0.717) is 24.7 Å². The number of benzene rings is 2. The van der Waals surface area contributed by atoms with Gasteiger partial charge >= 0.3 is 0 Å². The molecule has 1 fully saturated rings. The average Bonchev–Trinajstić information content (AvgIpc) is 3.41. The van der Waals surface area contributed by atoms with Gasteiger partial charge in [-0.25, -0.2) is 0 Å². The summed E-state index contributed by atoms with van der Waals surface area (Å²) in [6, 6.07) is 18.7. The summed E-state index contributed by atoms with van der Waals surface area (Å²) >= 11 is 7.88. The van der Waals surface area contributed by atoms with Crippen molar-refractivity contribution in [2.75, 3.05) is 32.7 Å². The van der Waals surface area contributed by atoms with Gasteiger partial charge in [0, 0.05) is 62.0 Å². The van der Waals surface area contributed by atoms with Gasteiger partial charge in [0.2, 0.25) is 11.8 Å². The maximum absolute atomic E-state index is 13.4. The summed E-state index contributed by atoms with van der Waals surface area (Å²) < 4.78 is 0. The van der Waals surface area contributed by atoms with E-state index in [1.165, 1.54) is 21.6 Å². The van der Waals surface area contributed by atoms with Crippen LogP contribution in [0.3, 0.4) is 0 Å². The third-order valence-corrected chi connectivity index (χ3v) is 9.22. The number of rotatable bonds is 6. The number of amides is 2. The lowest BCUT2D eigenvalue weighted by Gasteiger charge is -2.37. The maximum Gasteiger partial charge on any atom is 0.223 e. The Balaban J connectivity index is 1.13. The highest BCUT2D eigenvalue weighted by molar-refractivity contribution is 7.10. The van der Waals surface area contributed by atoms with Gasteiger partial charge in [-0.1, -0.05) is 68.8 Å². The minimum atomic E-state index is -0.124. The number of hydrogen-bond acceptors (Lipinski definition) is 4. The van der Waals surface area contributed by atoms with Crippen LogP contribution < -0.4 is 0 Å². The van der Waals surface area contributed by atoms with Gasteiger partial charge in [-0.15, -0.1) is 11.3 Å². The summed E-state index contributed by atoms with van der Waals surface area (Å²) in [6.07, 6.45) is 1.35. The standard InChI is InChI=1S/C32H38ClN3O2S/c1-32(2,3)25-8-4-23(5-9-25)22-34-17-19-35(20-18-34)29(37)12-13-30(38)36-16-14-28-27(15-21-39-28)31(36)24-6-10-26(33)11-7-24/h4-11,15,21,31H,12-14,16-20,22H2,1-3H3. The second-order valence-corrected chi connectivity index (χ2v) is 13.1. The molecule has 1 atom stereocenters. The van der Waals surface area contributed by atoms with E-state index < -0.39 is 0 Å². The van der Waals surface area contributed by atoms with Gasteiger partial charge < -0.3 is 9.80 Å². The van der Waals surface area contributed by atoms with E-state index in [1.807, 2.05) is 34.1 Å². The van der Waals surface area contributed by atoms with E-state index >= 15 is 0 Å². The number of hydrogen-bond donors (Lipinski definition) is 0. The van der Waals surface area contributed by atoms with Crippen molar-refractivity contribution in [1.29, 1.82) is 0 Å². The molecule has 0 spiro atoms. The molecule has 5 nitrogen and oxygen atoms in total. The predicted octanol–water partition coefficient (Wildman–Crippen LogP) is 6.30. The molecule has 1 saturated heterocycles. The molecule has 2 amide bonds. The second kappa shape index (κ2) is 11.8. The van der Waals surface area contributed by atoms with Crippen molar-refractivity contribution in [3.8, 4) is 0 Å². The number of halogens is 1. The van der Waals surface area contributed by atoms with Crippen LogP contribution in [0.15, 0.2) is 60.0 Å². The van der Waals surface area contributed by atoms with Gasteiger partial charge in [0.25, 0.3) is 0 Å². The molecule has 3 heterocycles. The third kappa shape index (κ3) is 6.56. The molecule has 0 radical (unpaired) electrons. The molecule has 1 unspecified atom stereocenters. The normalized spacial score (nSPS) is 18.2. The lowest BCUT2D eigenvalue weighted by Crippen LogP contribution is -2.48. The predicted molar refractivity (Wildman–Crippen MR) is 159 cm³/mol. The van der Waals surface area contributed by atoms with Crippen molar-refractivity contribution in [1.82, 2.24) is 14.7 Å². The van der Waals surface area contributed by atoms with Crippen molar-refractivity contribution in [2.45, 2.75) is 58.0 Å². The Morgan fingerprint density at radius 3 is 2.21 bits per heavy atom. The van der Waals surface area contributed by atoms with Crippen LogP contribution in [0.2, 0.25) is 5.02 Å². The van der Waals surface area contributed by atoms with E-state index in [2.05, 4.69) is 61.4 Å². The van der Waals surface area contributed by atoms with Gasteiger partial charge in [-0.3, -0.25) is 14.5 Å². The Kier molecular flexibility index (Phi) is 8.46. The molecular weight excluding hydrogens is 526 g/mol. The van der Waals surface area contributed by atoms with Gasteiger partial charge in [0.1, 0.15) is 0 Å². The molecule has 5 rings (SSSR count). The molecular formula is C32H38ClN3O2S. The van der Waals surface area contributed by atoms with E-state index in [1.54, 1.807) is 11.3 Å². The van der Waals surface area contributed by atoms with Crippen molar-refractivity contribution in [2.24, 2.45) is 0 Å². The Bertz CT molecular complexity index is 1290. The van der Waals surface area contributed by atoms with Crippen LogP contribution in [0, 0.1) is 0 Å². The number of piperazine rings is 1. The summed E-state index contributed by atoms with van der Waals surface area (Å²) in [5.41, 5.74) is 5.05. The number of carbonyl (C=O) groups is 2. The van der Waals surface area contributed by atoms with Crippen LogP contribution in [0.4, 0.5) is 0 Å². The highest BCUT2D eigenvalue weighted by Crippen LogP contribution is 2.38. The zero-order chi connectivity index (χ0) is 27.6. The number of thiophene rings is 1. The molecule has 0 aliphatic carbocycles. The number of nitrogens with zero attached hydrogens (tertiary/aromatic N) is 3. The lowest BCUT2D eigenvalue weighted by atomic mass is 9.87. The monoisotopic (exact) mass is 563 g/mol. The first-order valence-electron chi connectivity index (χ1n) is 13.9. The highest BCUT2D eigenvalue weighted by atomic mass is 35.5. The molecule has 0 bridgehead atoms. The fourth-order valence-corrected chi connectivity index (χ4v) is 6.66. The second-order valence-electron chi connectivity index (χ2n) is 11.7. The lowest BCUT2D eigenvalue weighted by molar-refractivity contribution is -0.139. The quantitative estimate of drug-likeness (QED) is 0.353. The summed E-state index contributed by atoms with van der Waals surface area (Å²) in [4.78, 5) is 34.1. The Morgan fingerprint density at radius 1 is 0.872 bits per heavy atom. The summed E-state index contributed by atoms with van der Waals surface area (Å²) in [5, 5.41) is 2.79. The fraction of sp³-hybridized carbons (Fsp3) is 0.438. The molecule has 0 saturated carbocycles. The van der Waals surface area contributed by atoms with E-state index in [9.17, 15) is 9.59 Å². The fourth-order valence-electron chi connectivity index (χ4n) is 5.63. The SMILES string of the molecule is CC(C)(C)c1ccc(CN2CCN(C(=O)CCC(=O)N3CCc4sccc4C3c3ccc(Cl)cc3)CC2)cc1. The molecule has 7 heteroatoms. The zero-order valence-electron chi connectivity index (χ0n) is 23.2. The van der Waals surface area contributed by atoms with Crippen LogP contribution in [0.25, 0.3) is 0 Å². The molecule has 2 aliphatic rings. The molecule has 2 aliphatic heterocycles. The van der Waals surface area contributed by atoms with Gasteiger partial charge in [-0.05, 0) is 57.7 Å². The van der Waals surface area contributed by atoms with E-state index in [0.717, 1.165) is 31.6 Å². The first-order valence-corrected chi connectivity index (χ1v) is 15.2. The molecule has 39 heavy (non-hydrogen) atoms. The van der Waals surface area contributed by atoms with Crippen LogP contribution in [0.1, 0.15) is 66.8 Å². The van der Waals surface area contributed by atoms with Crippen LogP contribution in [-0.2, 0) is 28.0 Å². The number of carbonyl (C=O) groups excluding carboxylic acids is 2. The van der Waals surface area contributed by atoms with Gasteiger partial charge in [0.15, 0.2) is 0 Å². The summed E-state index contributed by atoms with van der Waals surface area (Å²) in [5.74, 6) is 0.117. The van der Waals surface area contributed by atoms with Crippen molar-refractivity contribution >= 4 is 34.8 Å². The Hall–Kier alpha value is -2.67. The topological polar surface area (TPSA) is 43.9 Å². The Labute approximate surface area is 241 Å². The molecule has 2 aromatic carbocycles. The molecule has 206 valence electrons. The minimum absolute atomic E-state index is 0.0393. The van der Waals surface area contributed by atoms with Crippen molar-refractivity contribution in [3.05, 3.63) is 92.1 Å². The number of fused-ring (bicyclic) bond motifs is 1. The highest BCUT2D eigenvalue weighted by Gasteiger charge is 2.33. The maximum atomic E-state index is 13.4. The zero-order valence-corrected chi connectivity index (χ0v) is 24.7. The Morgan fingerprint density at radius 2 is 1.54 bits per heavy atom. The minimum Gasteiger partial charge on any atom is -0.340 e. The van der Waals surface area contributed by atoms with Crippen LogP contribution in [-0.4, -0.2) is 59.2 Å². The van der Waals surface area contributed by atoms with Crippen LogP contribution in [0.5, 0.6) is 0 Å². The largest absolute Gasteiger partial charge is 0.340 e. The first kappa shape index (κ1) is 27.9. The van der Waals surface area contributed by atoms with E-state index in [4.69, 9.17) is 11.6 Å². The van der Waals surface area contributed by atoms with Crippen LogP contribution >= 0.6 is 22.9 Å². The van der Waals surface area contributed by atoms with E-state index in [-0.39, 0.29) is 36.1 Å². The summed E-state index contributed by atoms with van der Waals surface area (Å²) in [6.45, 7) is 11.4. The van der Waals surface area contributed by atoms with Gasteiger partial charge in [0.05, 0.1) is 6.04 Å². The molecule has 1 aromatic heterocycles. The van der Waals surface area contributed by atoms with Crippen molar-refractivity contribution < 1.29 is 9.59 Å². The van der Waals surface area contributed by atoms with Gasteiger partial charge in [-0.2, -0.15) is 0 Å².